The second-order valence-electron chi connectivity index (χ2n) is 7.37. The van der Waals surface area contributed by atoms with Crippen molar-refractivity contribution in [2.75, 3.05) is 17.3 Å². The van der Waals surface area contributed by atoms with Crippen molar-refractivity contribution in [1.29, 1.82) is 0 Å². The molecule has 34 heavy (non-hydrogen) atoms. The molecule has 2 aromatic heterocycles. The van der Waals surface area contributed by atoms with Crippen molar-refractivity contribution in [3.05, 3.63) is 57.4 Å². The van der Waals surface area contributed by atoms with Crippen LogP contribution in [0.15, 0.2) is 41.8 Å². The van der Waals surface area contributed by atoms with Crippen molar-refractivity contribution in [2.45, 2.75) is 31.0 Å². The number of carbonyl (C=O) groups excluding carboxylic acids is 1. The molecule has 1 amide bonds. The average Bonchev–Trinajstić information content (AvgIpc) is 3.39. The molecule has 1 N–H and O–H groups in total. The summed E-state index contributed by atoms with van der Waals surface area (Å²) in [5, 5.41) is 8.26. The highest BCUT2D eigenvalue weighted by Crippen LogP contribution is 2.47. The molecule has 0 radical (unpaired) electrons. The van der Waals surface area contributed by atoms with Crippen molar-refractivity contribution in [3.63, 3.8) is 0 Å². The summed E-state index contributed by atoms with van der Waals surface area (Å²) in [5.41, 5.74) is -0.276. The lowest BCUT2D eigenvalue weighted by molar-refractivity contribution is -0.274. The van der Waals surface area contributed by atoms with Gasteiger partial charge in [-0.15, -0.1) is 24.5 Å². The van der Waals surface area contributed by atoms with E-state index >= 15 is 0 Å². The Bertz CT molecular complexity index is 1180. The van der Waals surface area contributed by atoms with Crippen LogP contribution in [0.25, 0.3) is 0 Å². The number of nitrogens with zero attached hydrogens (tertiary/aromatic N) is 3. The Balaban J connectivity index is 1.64. The zero-order valence-electron chi connectivity index (χ0n) is 17.1. The van der Waals surface area contributed by atoms with E-state index in [9.17, 15) is 31.1 Å². The molecule has 3 aromatic rings. The number of ether oxygens (including phenoxy) is 1. The highest BCUT2D eigenvalue weighted by atomic mass is 35.5. The number of anilines is 2. The molecule has 1 aromatic carbocycles. The minimum atomic E-state index is -4.88. The summed E-state index contributed by atoms with van der Waals surface area (Å²) in [4.78, 5) is 14.7. The van der Waals surface area contributed by atoms with E-state index in [2.05, 4.69) is 15.2 Å². The molecule has 182 valence electrons. The van der Waals surface area contributed by atoms with E-state index in [-0.39, 0.29) is 22.9 Å². The number of halogens is 7. The summed E-state index contributed by atoms with van der Waals surface area (Å²) in [7, 11) is 1.29. The number of aromatic nitrogens is 2. The molecule has 0 aliphatic carbocycles. The summed E-state index contributed by atoms with van der Waals surface area (Å²) in [6.07, 6.45) is -9.88. The summed E-state index contributed by atoms with van der Waals surface area (Å²) >= 11 is 7.59. The van der Waals surface area contributed by atoms with Gasteiger partial charge >= 0.3 is 12.5 Å². The molecule has 14 heteroatoms. The van der Waals surface area contributed by atoms with Gasteiger partial charge in [-0.05, 0) is 35.7 Å². The van der Waals surface area contributed by atoms with Crippen LogP contribution in [0.3, 0.4) is 0 Å². The first-order valence-electron chi connectivity index (χ1n) is 9.63. The van der Waals surface area contributed by atoms with Gasteiger partial charge in [0.1, 0.15) is 16.6 Å². The van der Waals surface area contributed by atoms with Gasteiger partial charge in [0, 0.05) is 24.0 Å². The number of amides is 1. The summed E-state index contributed by atoms with van der Waals surface area (Å²) in [5.74, 6) is -1.48. The van der Waals surface area contributed by atoms with Gasteiger partial charge in [0.25, 0.3) is 5.91 Å². The lowest BCUT2D eigenvalue weighted by Gasteiger charge is -2.32. The predicted octanol–water partition coefficient (Wildman–Crippen LogP) is 6.43. The fraction of sp³-hybridized carbons (Fsp3) is 0.300. The topological polar surface area (TPSA) is 59.4 Å². The molecule has 0 saturated heterocycles. The fourth-order valence-electron chi connectivity index (χ4n) is 3.55. The van der Waals surface area contributed by atoms with Crippen LogP contribution >= 0.6 is 22.9 Å². The lowest BCUT2D eigenvalue weighted by atomic mass is 10.0. The third-order valence-electron chi connectivity index (χ3n) is 5.15. The molecule has 0 spiro atoms. The Hall–Kier alpha value is -2.93. The van der Waals surface area contributed by atoms with Gasteiger partial charge in [-0.3, -0.25) is 4.79 Å². The first kappa shape index (κ1) is 24.2. The lowest BCUT2D eigenvalue weighted by Crippen LogP contribution is -2.35. The van der Waals surface area contributed by atoms with Crippen molar-refractivity contribution in [1.82, 2.24) is 9.78 Å². The number of nitrogens with one attached hydrogen (secondary N) is 1. The summed E-state index contributed by atoms with van der Waals surface area (Å²) in [6.45, 7) is 0. The number of hydrogen-bond acceptors (Lipinski definition) is 5. The van der Waals surface area contributed by atoms with E-state index in [1.807, 2.05) is 0 Å². The Kier molecular flexibility index (Phi) is 6.19. The van der Waals surface area contributed by atoms with E-state index in [0.717, 1.165) is 17.0 Å². The Morgan fingerprint density at radius 1 is 1.21 bits per heavy atom. The second-order valence-corrected chi connectivity index (χ2v) is 8.72. The SMILES string of the molecule is CN(C(=O)c1nn2c(c1Cl)NC(c1cccs1)CC2C(F)(F)F)c1ccc(OC(F)(F)F)cc1. The molecule has 0 bridgehead atoms. The zero-order chi connectivity index (χ0) is 24.8. The minimum Gasteiger partial charge on any atom is -0.406 e. The van der Waals surface area contributed by atoms with Gasteiger partial charge in [0.2, 0.25) is 0 Å². The van der Waals surface area contributed by atoms with Gasteiger partial charge in [0.05, 0.1) is 6.04 Å². The van der Waals surface area contributed by atoms with Crippen LogP contribution in [0.4, 0.5) is 37.8 Å². The van der Waals surface area contributed by atoms with Crippen LogP contribution in [0, 0.1) is 0 Å². The van der Waals surface area contributed by atoms with E-state index in [1.165, 1.54) is 30.5 Å². The van der Waals surface area contributed by atoms with E-state index < -0.39 is 42.0 Å². The summed E-state index contributed by atoms with van der Waals surface area (Å²) in [6, 6.07) is 5.08. The molecule has 6 nitrogen and oxygen atoms in total. The van der Waals surface area contributed by atoms with Gasteiger partial charge < -0.3 is 15.0 Å². The number of benzene rings is 1. The molecular weight excluding hydrogens is 510 g/mol. The van der Waals surface area contributed by atoms with Crippen LogP contribution in [-0.2, 0) is 0 Å². The molecule has 2 unspecified atom stereocenters. The number of carbonyl (C=O) groups is 1. The third-order valence-corrected chi connectivity index (χ3v) is 6.49. The Labute approximate surface area is 197 Å². The van der Waals surface area contributed by atoms with Crippen LogP contribution in [0.5, 0.6) is 5.75 Å². The zero-order valence-corrected chi connectivity index (χ0v) is 18.7. The minimum absolute atomic E-state index is 0.140. The maximum absolute atomic E-state index is 13.8. The molecule has 0 saturated carbocycles. The number of alkyl halides is 6. The highest BCUT2D eigenvalue weighted by molar-refractivity contribution is 7.10. The number of thiophene rings is 1. The van der Waals surface area contributed by atoms with Crippen LogP contribution in [0.2, 0.25) is 5.02 Å². The molecule has 3 heterocycles. The van der Waals surface area contributed by atoms with Crippen LogP contribution in [0.1, 0.15) is 33.9 Å². The normalized spacial score (nSPS) is 18.2. The standard InChI is InChI=1S/C20H15ClF6N4O2S/c1-30(10-4-6-11(7-5-10)33-20(25,26)27)18(32)16-15(21)17-28-12(13-3-2-8-34-13)9-14(19(22,23)24)31(17)29-16/h2-8,12,14,28H,9H2,1H3. The highest BCUT2D eigenvalue weighted by Gasteiger charge is 2.48. The third kappa shape index (κ3) is 4.80. The van der Waals surface area contributed by atoms with Crippen molar-refractivity contribution in [3.8, 4) is 5.75 Å². The van der Waals surface area contributed by atoms with Gasteiger partial charge in [-0.2, -0.15) is 18.3 Å². The van der Waals surface area contributed by atoms with Crippen LogP contribution in [-0.4, -0.2) is 35.3 Å². The van der Waals surface area contributed by atoms with Gasteiger partial charge in [-0.25, -0.2) is 4.68 Å². The molecule has 2 atom stereocenters. The van der Waals surface area contributed by atoms with Gasteiger partial charge in [0.15, 0.2) is 11.7 Å². The molecule has 1 aliphatic rings. The monoisotopic (exact) mass is 524 g/mol. The molecule has 4 rings (SSSR count). The van der Waals surface area contributed by atoms with Crippen LogP contribution < -0.4 is 15.0 Å². The Morgan fingerprint density at radius 3 is 2.44 bits per heavy atom. The van der Waals surface area contributed by atoms with E-state index in [1.54, 1.807) is 17.5 Å². The Morgan fingerprint density at radius 2 is 1.88 bits per heavy atom. The molecule has 0 fully saturated rings. The smallest absolute Gasteiger partial charge is 0.406 e. The van der Waals surface area contributed by atoms with Gasteiger partial charge in [-0.1, -0.05) is 17.7 Å². The quantitative estimate of drug-likeness (QED) is 0.399. The van der Waals surface area contributed by atoms with Crippen molar-refractivity contribution < 1.29 is 35.9 Å². The van der Waals surface area contributed by atoms with Crippen molar-refractivity contribution in [2.24, 2.45) is 0 Å². The average molecular weight is 525 g/mol. The molecule has 1 aliphatic heterocycles. The first-order chi connectivity index (χ1) is 15.8. The fourth-order valence-corrected chi connectivity index (χ4v) is 4.60. The van der Waals surface area contributed by atoms with E-state index in [4.69, 9.17) is 11.6 Å². The molecular formula is C20H15ClF6N4O2S. The maximum atomic E-state index is 13.8. The predicted molar refractivity (Wildman–Crippen MR) is 113 cm³/mol. The number of fused-ring (bicyclic) bond motifs is 1. The first-order valence-corrected chi connectivity index (χ1v) is 10.9. The maximum Gasteiger partial charge on any atom is 0.573 e. The largest absolute Gasteiger partial charge is 0.573 e. The number of rotatable bonds is 4. The summed E-state index contributed by atoms with van der Waals surface area (Å²) < 4.78 is 83.0. The number of hydrogen-bond donors (Lipinski definition) is 1. The van der Waals surface area contributed by atoms with Crippen molar-refractivity contribution >= 4 is 40.4 Å². The van der Waals surface area contributed by atoms with E-state index in [0.29, 0.717) is 9.56 Å². The second kappa shape index (κ2) is 8.69.